The highest BCUT2D eigenvalue weighted by atomic mass is 16.3. The second kappa shape index (κ2) is 8.93. The highest BCUT2D eigenvalue weighted by Gasteiger charge is 2.25. The molecular weight excluding hydrogens is 210 g/mol. The molecule has 0 amide bonds. The van der Waals surface area contributed by atoms with Crippen LogP contribution < -0.4 is 0 Å². The first-order chi connectivity index (χ1) is 8.25. The summed E-state index contributed by atoms with van der Waals surface area (Å²) >= 11 is 0. The highest BCUT2D eigenvalue weighted by molar-refractivity contribution is 4.81. The second-order valence-corrected chi connectivity index (χ2v) is 5.67. The molecule has 0 bridgehead atoms. The Morgan fingerprint density at radius 2 is 1.65 bits per heavy atom. The van der Waals surface area contributed by atoms with Crippen molar-refractivity contribution in [1.82, 2.24) is 4.90 Å². The van der Waals surface area contributed by atoms with Crippen LogP contribution in [0.2, 0.25) is 0 Å². The van der Waals surface area contributed by atoms with Crippen LogP contribution in [-0.4, -0.2) is 35.7 Å². The molecule has 2 heteroatoms. The average Bonchev–Trinajstić information content (AvgIpc) is 2.34. The second-order valence-electron chi connectivity index (χ2n) is 5.67. The maximum Gasteiger partial charge on any atom is 0.0695 e. The lowest BCUT2D eigenvalue weighted by Crippen LogP contribution is -2.43. The summed E-state index contributed by atoms with van der Waals surface area (Å²) in [5, 5.41) is 9.97. The highest BCUT2D eigenvalue weighted by Crippen LogP contribution is 2.22. The van der Waals surface area contributed by atoms with Gasteiger partial charge in [0.15, 0.2) is 0 Å². The third-order valence-corrected chi connectivity index (χ3v) is 4.12. The Morgan fingerprint density at radius 3 is 2.35 bits per heavy atom. The van der Waals surface area contributed by atoms with E-state index in [0.717, 1.165) is 13.0 Å². The van der Waals surface area contributed by atoms with Crippen molar-refractivity contribution < 1.29 is 5.11 Å². The lowest BCUT2D eigenvalue weighted by molar-refractivity contribution is 0.0315. The quantitative estimate of drug-likeness (QED) is 0.657. The van der Waals surface area contributed by atoms with Crippen LogP contribution in [0, 0.1) is 0 Å². The molecule has 0 aromatic heterocycles. The Morgan fingerprint density at radius 1 is 1.00 bits per heavy atom. The molecule has 0 aromatic carbocycles. The molecule has 2 atom stereocenters. The molecule has 102 valence electrons. The standard InChI is InChI=1S/C15H31NO/c1-3-4-5-6-7-10-13-16(2)14-11-8-9-12-15(14)17/h14-15,17H,3-13H2,1-2H3. The van der Waals surface area contributed by atoms with Gasteiger partial charge in [-0.3, -0.25) is 0 Å². The van der Waals surface area contributed by atoms with Gasteiger partial charge in [0, 0.05) is 6.04 Å². The van der Waals surface area contributed by atoms with E-state index in [-0.39, 0.29) is 6.10 Å². The SMILES string of the molecule is CCCCCCCCN(C)C1CCCCC1O. The molecule has 1 aliphatic carbocycles. The molecule has 2 nitrogen and oxygen atoms in total. The first-order valence-electron chi connectivity index (χ1n) is 7.64. The number of hydrogen-bond donors (Lipinski definition) is 1. The van der Waals surface area contributed by atoms with E-state index < -0.39 is 0 Å². The van der Waals surface area contributed by atoms with Crippen molar-refractivity contribution in [1.29, 1.82) is 0 Å². The Hall–Kier alpha value is -0.0800. The molecule has 0 radical (unpaired) electrons. The number of aliphatic hydroxyl groups is 1. The van der Waals surface area contributed by atoms with Crippen molar-refractivity contribution in [2.24, 2.45) is 0 Å². The zero-order valence-electron chi connectivity index (χ0n) is 11.8. The van der Waals surface area contributed by atoms with Crippen molar-refractivity contribution in [2.75, 3.05) is 13.6 Å². The molecule has 1 rings (SSSR count). The number of likely N-dealkylation sites (N-methyl/N-ethyl adjacent to an activating group) is 1. The Bertz CT molecular complexity index is 184. The van der Waals surface area contributed by atoms with E-state index in [1.54, 1.807) is 0 Å². The predicted octanol–water partition coefficient (Wildman–Crippen LogP) is 3.58. The van der Waals surface area contributed by atoms with E-state index in [1.807, 2.05) is 0 Å². The van der Waals surface area contributed by atoms with Gasteiger partial charge in [0.2, 0.25) is 0 Å². The van der Waals surface area contributed by atoms with Crippen LogP contribution in [0.4, 0.5) is 0 Å². The first kappa shape index (κ1) is 15.0. The predicted molar refractivity (Wildman–Crippen MR) is 74.3 cm³/mol. The van der Waals surface area contributed by atoms with Gasteiger partial charge in [-0.15, -0.1) is 0 Å². The van der Waals surface area contributed by atoms with Crippen LogP contribution in [0.1, 0.15) is 71.1 Å². The zero-order valence-corrected chi connectivity index (χ0v) is 11.8. The molecule has 2 unspecified atom stereocenters. The van der Waals surface area contributed by atoms with Crippen LogP contribution in [0.25, 0.3) is 0 Å². The van der Waals surface area contributed by atoms with E-state index in [2.05, 4.69) is 18.9 Å². The van der Waals surface area contributed by atoms with Crippen LogP contribution in [0.5, 0.6) is 0 Å². The summed E-state index contributed by atoms with van der Waals surface area (Å²) in [6.07, 6.45) is 12.8. The van der Waals surface area contributed by atoms with Crippen LogP contribution in [0.15, 0.2) is 0 Å². The van der Waals surface area contributed by atoms with E-state index in [0.29, 0.717) is 6.04 Å². The third-order valence-electron chi connectivity index (χ3n) is 4.12. The van der Waals surface area contributed by atoms with E-state index in [1.165, 1.54) is 57.8 Å². The fourth-order valence-corrected chi connectivity index (χ4v) is 2.91. The summed E-state index contributed by atoms with van der Waals surface area (Å²) in [5.41, 5.74) is 0. The van der Waals surface area contributed by atoms with Crippen molar-refractivity contribution in [2.45, 2.75) is 83.3 Å². The van der Waals surface area contributed by atoms with Crippen LogP contribution in [-0.2, 0) is 0 Å². The smallest absolute Gasteiger partial charge is 0.0695 e. The maximum atomic E-state index is 9.97. The minimum absolute atomic E-state index is 0.0751. The lowest BCUT2D eigenvalue weighted by atomic mass is 9.91. The summed E-state index contributed by atoms with van der Waals surface area (Å²) < 4.78 is 0. The fraction of sp³-hybridized carbons (Fsp3) is 1.00. The molecule has 1 fully saturated rings. The molecule has 0 aliphatic heterocycles. The van der Waals surface area contributed by atoms with Crippen molar-refractivity contribution in [3.05, 3.63) is 0 Å². The molecule has 0 heterocycles. The van der Waals surface area contributed by atoms with Crippen LogP contribution >= 0.6 is 0 Å². The molecule has 0 saturated heterocycles. The Kier molecular flexibility index (Phi) is 7.87. The topological polar surface area (TPSA) is 23.5 Å². The molecule has 1 N–H and O–H groups in total. The summed E-state index contributed by atoms with van der Waals surface area (Å²) in [5.74, 6) is 0. The number of aliphatic hydroxyl groups excluding tert-OH is 1. The minimum Gasteiger partial charge on any atom is -0.391 e. The number of unbranched alkanes of at least 4 members (excludes halogenated alkanes) is 5. The summed E-state index contributed by atoms with van der Waals surface area (Å²) in [7, 11) is 2.19. The minimum atomic E-state index is -0.0751. The van der Waals surface area contributed by atoms with E-state index in [4.69, 9.17) is 0 Å². The largest absolute Gasteiger partial charge is 0.391 e. The van der Waals surface area contributed by atoms with Gasteiger partial charge in [-0.05, 0) is 32.9 Å². The summed E-state index contributed by atoms with van der Waals surface area (Å²) in [4.78, 5) is 2.39. The van der Waals surface area contributed by atoms with Crippen molar-refractivity contribution >= 4 is 0 Å². The van der Waals surface area contributed by atoms with Gasteiger partial charge >= 0.3 is 0 Å². The fourth-order valence-electron chi connectivity index (χ4n) is 2.91. The average molecular weight is 241 g/mol. The number of nitrogens with zero attached hydrogens (tertiary/aromatic N) is 1. The van der Waals surface area contributed by atoms with Gasteiger partial charge in [-0.25, -0.2) is 0 Å². The van der Waals surface area contributed by atoms with Gasteiger partial charge in [0.05, 0.1) is 6.10 Å². The molecule has 1 saturated carbocycles. The van der Waals surface area contributed by atoms with Crippen molar-refractivity contribution in [3.8, 4) is 0 Å². The Labute approximate surface area is 107 Å². The van der Waals surface area contributed by atoms with Gasteiger partial charge in [-0.1, -0.05) is 51.9 Å². The number of rotatable bonds is 8. The van der Waals surface area contributed by atoms with E-state index >= 15 is 0 Å². The first-order valence-corrected chi connectivity index (χ1v) is 7.64. The van der Waals surface area contributed by atoms with Gasteiger partial charge in [0.1, 0.15) is 0 Å². The lowest BCUT2D eigenvalue weighted by Gasteiger charge is -2.35. The van der Waals surface area contributed by atoms with E-state index in [9.17, 15) is 5.11 Å². The van der Waals surface area contributed by atoms with Gasteiger partial charge in [-0.2, -0.15) is 0 Å². The number of hydrogen-bond acceptors (Lipinski definition) is 2. The zero-order chi connectivity index (χ0) is 12.5. The third kappa shape index (κ3) is 5.87. The summed E-state index contributed by atoms with van der Waals surface area (Å²) in [6.45, 7) is 3.42. The summed E-state index contributed by atoms with van der Waals surface area (Å²) in [6, 6.07) is 0.430. The molecular formula is C15H31NO. The van der Waals surface area contributed by atoms with Gasteiger partial charge in [0.25, 0.3) is 0 Å². The molecule has 17 heavy (non-hydrogen) atoms. The van der Waals surface area contributed by atoms with Crippen LogP contribution in [0.3, 0.4) is 0 Å². The van der Waals surface area contributed by atoms with Gasteiger partial charge < -0.3 is 10.0 Å². The molecule has 1 aliphatic rings. The normalized spacial score (nSPS) is 25.4. The molecule has 0 aromatic rings. The Balaban J connectivity index is 2.05. The maximum absolute atomic E-state index is 9.97. The van der Waals surface area contributed by atoms with Crippen molar-refractivity contribution in [3.63, 3.8) is 0 Å². The molecule has 0 spiro atoms. The monoisotopic (exact) mass is 241 g/mol.